The second kappa shape index (κ2) is 8.81. The van der Waals surface area contributed by atoms with Crippen LogP contribution >= 0.6 is 11.6 Å². The van der Waals surface area contributed by atoms with Crippen LogP contribution in [-0.4, -0.2) is 44.5 Å². The van der Waals surface area contributed by atoms with Crippen LogP contribution in [0.5, 0.6) is 0 Å². The van der Waals surface area contributed by atoms with Crippen LogP contribution in [0.15, 0.2) is 36.4 Å². The molecule has 2 aromatic carbocycles. The van der Waals surface area contributed by atoms with Gasteiger partial charge in [0.25, 0.3) is 5.91 Å². The van der Waals surface area contributed by atoms with Crippen molar-refractivity contribution in [1.29, 1.82) is 0 Å². The summed E-state index contributed by atoms with van der Waals surface area (Å²) < 4.78 is 31.2. The monoisotopic (exact) mass is 396 g/mol. The molecule has 0 aliphatic carbocycles. The van der Waals surface area contributed by atoms with E-state index in [1.807, 2.05) is 43.3 Å². The fourth-order valence-electron chi connectivity index (χ4n) is 2.26. The molecular formula is C19H19ClF2N2O3. The van der Waals surface area contributed by atoms with Crippen molar-refractivity contribution in [3.63, 3.8) is 0 Å². The van der Waals surface area contributed by atoms with E-state index < -0.39 is 30.1 Å². The maximum atomic E-state index is 13.2. The number of hydrogen-bond donors (Lipinski definition) is 0. The Morgan fingerprint density at radius 2 is 1.63 bits per heavy atom. The van der Waals surface area contributed by atoms with Gasteiger partial charge in [-0.2, -0.15) is 0 Å². The number of nitrogens with zero attached hydrogens (tertiary/aromatic N) is 2. The minimum atomic E-state index is -1.23. The third-order valence-electron chi connectivity index (χ3n) is 3.85. The van der Waals surface area contributed by atoms with Gasteiger partial charge >= 0.3 is 5.97 Å². The number of halogens is 3. The minimum Gasteiger partial charge on any atom is -0.452 e. The molecule has 0 aromatic heterocycles. The van der Waals surface area contributed by atoms with E-state index in [0.717, 1.165) is 11.3 Å². The number of ether oxygens (including phenoxy) is 1. The number of hydrogen-bond acceptors (Lipinski definition) is 4. The molecule has 0 N–H and O–H groups in total. The zero-order valence-electron chi connectivity index (χ0n) is 15.1. The average molecular weight is 397 g/mol. The molecule has 0 bridgehead atoms. The Bertz CT molecular complexity index is 842. The third-order valence-corrected chi connectivity index (χ3v) is 4.17. The normalized spacial score (nSPS) is 10.4. The first kappa shape index (κ1) is 20.6. The molecule has 144 valence electrons. The van der Waals surface area contributed by atoms with Gasteiger partial charge in [-0.25, -0.2) is 13.6 Å². The van der Waals surface area contributed by atoms with Gasteiger partial charge in [-0.15, -0.1) is 0 Å². The summed E-state index contributed by atoms with van der Waals surface area (Å²) in [7, 11) is 5.43. The standard InChI is InChI=1S/C19H19ClF2N2O3/c1-23(2)13-6-4-12(5-7-13)10-24(3)18(25)11-27-19(26)14-8-16(21)17(22)9-15(14)20/h4-9H,10-11H2,1-3H3. The van der Waals surface area contributed by atoms with Crippen LogP contribution in [0.3, 0.4) is 0 Å². The highest BCUT2D eigenvalue weighted by Crippen LogP contribution is 2.21. The molecule has 0 saturated carbocycles. The summed E-state index contributed by atoms with van der Waals surface area (Å²) in [6.07, 6.45) is 0. The van der Waals surface area contributed by atoms with E-state index in [-0.39, 0.29) is 10.6 Å². The number of esters is 1. The molecule has 0 radical (unpaired) electrons. The van der Waals surface area contributed by atoms with Crippen LogP contribution in [0, 0.1) is 11.6 Å². The molecule has 8 heteroatoms. The summed E-state index contributed by atoms with van der Waals surface area (Å²) in [5.74, 6) is -3.85. The lowest BCUT2D eigenvalue weighted by molar-refractivity contribution is -0.133. The van der Waals surface area contributed by atoms with E-state index in [1.54, 1.807) is 7.05 Å². The summed E-state index contributed by atoms with van der Waals surface area (Å²) in [6, 6.07) is 8.97. The molecule has 2 aromatic rings. The lowest BCUT2D eigenvalue weighted by atomic mass is 10.2. The Hall–Kier alpha value is -2.67. The third kappa shape index (κ3) is 5.40. The number of benzene rings is 2. The maximum Gasteiger partial charge on any atom is 0.340 e. The number of carbonyl (C=O) groups is 2. The largest absolute Gasteiger partial charge is 0.452 e. The average Bonchev–Trinajstić information content (AvgIpc) is 2.62. The van der Waals surface area contributed by atoms with Gasteiger partial charge in [-0.3, -0.25) is 4.79 Å². The first-order chi connectivity index (χ1) is 12.7. The number of carbonyl (C=O) groups excluding carboxylic acids is 2. The molecule has 0 unspecified atom stereocenters. The van der Waals surface area contributed by atoms with Gasteiger partial charge in [0.05, 0.1) is 10.6 Å². The van der Waals surface area contributed by atoms with Gasteiger partial charge in [-0.1, -0.05) is 23.7 Å². The molecular weight excluding hydrogens is 378 g/mol. The molecule has 2 rings (SSSR count). The van der Waals surface area contributed by atoms with Crippen LogP contribution in [-0.2, 0) is 16.1 Å². The number of rotatable bonds is 6. The highest BCUT2D eigenvalue weighted by atomic mass is 35.5. The summed E-state index contributed by atoms with van der Waals surface area (Å²) in [5, 5.41) is -0.291. The highest BCUT2D eigenvalue weighted by molar-refractivity contribution is 6.33. The summed E-state index contributed by atoms with van der Waals surface area (Å²) >= 11 is 5.71. The van der Waals surface area contributed by atoms with Gasteiger partial charge in [0.15, 0.2) is 18.2 Å². The Kier molecular flexibility index (Phi) is 6.74. The van der Waals surface area contributed by atoms with E-state index in [2.05, 4.69) is 0 Å². The van der Waals surface area contributed by atoms with Crippen molar-refractivity contribution < 1.29 is 23.1 Å². The maximum absolute atomic E-state index is 13.2. The Balaban J connectivity index is 1.92. The molecule has 1 amide bonds. The molecule has 0 fully saturated rings. The zero-order valence-corrected chi connectivity index (χ0v) is 15.9. The van der Waals surface area contributed by atoms with E-state index in [4.69, 9.17) is 16.3 Å². The van der Waals surface area contributed by atoms with E-state index in [9.17, 15) is 18.4 Å². The first-order valence-electron chi connectivity index (χ1n) is 8.01. The Labute approximate surface area is 161 Å². The quantitative estimate of drug-likeness (QED) is 0.554. The molecule has 0 aliphatic heterocycles. The van der Waals surface area contributed by atoms with Crippen molar-refractivity contribution in [2.75, 3.05) is 32.6 Å². The lowest BCUT2D eigenvalue weighted by Gasteiger charge is -2.18. The second-order valence-corrected chi connectivity index (χ2v) is 6.54. The number of amides is 1. The van der Waals surface area contributed by atoms with Crippen molar-refractivity contribution in [1.82, 2.24) is 4.90 Å². The van der Waals surface area contributed by atoms with Crippen LogP contribution in [0.25, 0.3) is 0 Å². The molecule has 0 heterocycles. The topological polar surface area (TPSA) is 49.9 Å². The van der Waals surface area contributed by atoms with E-state index >= 15 is 0 Å². The highest BCUT2D eigenvalue weighted by Gasteiger charge is 2.18. The summed E-state index contributed by atoms with van der Waals surface area (Å²) in [4.78, 5) is 27.4. The SMILES string of the molecule is CN(Cc1ccc(N(C)C)cc1)C(=O)COC(=O)c1cc(F)c(F)cc1Cl. The van der Waals surface area contributed by atoms with Crippen molar-refractivity contribution in [2.45, 2.75) is 6.54 Å². The van der Waals surface area contributed by atoms with Crippen molar-refractivity contribution >= 4 is 29.2 Å². The van der Waals surface area contributed by atoms with Gasteiger partial charge < -0.3 is 14.5 Å². The molecule has 0 aliphatic rings. The minimum absolute atomic E-state index is 0.291. The Morgan fingerprint density at radius 1 is 1.04 bits per heavy atom. The van der Waals surface area contributed by atoms with Crippen LogP contribution in [0.2, 0.25) is 5.02 Å². The second-order valence-electron chi connectivity index (χ2n) is 6.13. The van der Waals surface area contributed by atoms with Gasteiger partial charge in [0.1, 0.15) is 0 Å². The number of likely N-dealkylation sites (N-methyl/N-ethyl adjacent to an activating group) is 1. The molecule has 0 spiro atoms. The van der Waals surface area contributed by atoms with Crippen molar-refractivity contribution in [3.05, 3.63) is 64.2 Å². The first-order valence-corrected chi connectivity index (χ1v) is 8.38. The fraction of sp³-hybridized carbons (Fsp3) is 0.263. The Morgan fingerprint density at radius 3 is 2.22 bits per heavy atom. The lowest BCUT2D eigenvalue weighted by Crippen LogP contribution is -2.30. The molecule has 27 heavy (non-hydrogen) atoms. The molecule has 0 saturated heterocycles. The molecule has 0 atom stereocenters. The van der Waals surface area contributed by atoms with E-state index in [0.29, 0.717) is 18.7 Å². The zero-order chi connectivity index (χ0) is 20.1. The van der Waals surface area contributed by atoms with Crippen molar-refractivity contribution in [2.24, 2.45) is 0 Å². The predicted molar refractivity (Wildman–Crippen MR) is 98.9 cm³/mol. The van der Waals surface area contributed by atoms with E-state index in [1.165, 1.54) is 4.90 Å². The summed E-state index contributed by atoms with van der Waals surface area (Å²) in [6.45, 7) is -0.212. The van der Waals surface area contributed by atoms with Crippen LogP contribution < -0.4 is 4.90 Å². The fourth-order valence-corrected chi connectivity index (χ4v) is 2.48. The smallest absolute Gasteiger partial charge is 0.340 e. The van der Waals surface area contributed by atoms with Crippen LogP contribution in [0.1, 0.15) is 15.9 Å². The van der Waals surface area contributed by atoms with Crippen molar-refractivity contribution in [3.8, 4) is 0 Å². The van der Waals surface area contributed by atoms with Gasteiger partial charge in [0.2, 0.25) is 0 Å². The number of anilines is 1. The predicted octanol–water partition coefficient (Wildman–Crippen LogP) is 3.50. The molecule has 5 nitrogen and oxygen atoms in total. The van der Waals surface area contributed by atoms with Gasteiger partial charge in [-0.05, 0) is 29.8 Å². The summed E-state index contributed by atoms with van der Waals surface area (Å²) in [5.41, 5.74) is 1.60. The van der Waals surface area contributed by atoms with Gasteiger partial charge in [0, 0.05) is 33.4 Å². The van der Waals surface area contributed by atoms with Crippen LogP contribution in [0.4, 0.5) is 14.5 Å².